The van der Waals surface area contributed by atoms with Crippen LogP contribution in [0.15, 0.2) is 54.6 Å². The van der Waals surface area contributed by atoms with Gasteiger partial charge in [-0.25, -0.2) is 13.8 Å². The van der Waals surface area contributed by atoms with Crippen molar-refractivity contribution in [3.8, 4) is 5.69 Å². The van der Waals surface area contributed by atoms with Crippen molar-refractivity contribution >= 4 is 34.2 Å². The van der Waals surface area contributed by atoms with Gasteiger partial charge in [-0.2, -0.15) is 0 Å². The number of aryl methyl sites for hydroxylation is 1. The number of carbonyl (C=O) groups is 1. The molecular weight excluding hydrogens is 442 g/mol. The molecule has 1 amide bonds. The van der Waals surface area contributed by atoms with Gasteiger partial charge in [0, 0.05) is 12.2 Å². The van der Waals surface area contributed by atoms with Gasteiger partial charge in [0.25, 0.3) is 12.3 Å². The minimum Gasteiger partial charge on any atom is -0.299 e. The quantitative estimate of drug-likeness (QED) is 0.369. The highest BCUT2D eigenvalue weighted by Crippen LogP contribution is 2.30. The second kappa shape index (κ2) is 9.03. The Bertz CT molecular complexity index is 1310. The van der Waals surface area contributed by atoms with Crippen LogP contribution in [0.25, 0.3) is 16.7 Å². The van der Waals surface area contributed by atoms with Gasteiger partial charge >= 0.3 is 0 Å². The molecule has 2 aromatic heterocycles. The standard InChI is InChI=1S/C25H24F2N4OS/c1-16-5-4-6-18(13-16)31-20-8-7-17(15-30-11-2-3-12-30)14-19(20)28-25(31)29-24(32)22-10-9-21(33-22)23(26)27/h4-10,13-14,23H,2-3,11-12,15H2,1H3,(H,28,29,32). The summed E-state index contributed by atoms with van der Waals surface area (Å²) in [6.45, 7) is 5.10. The molecular formula is C25H24F2N4OS. The van der Waals surface area contributed by atoms with E-state index in [-0.39, 0.29) is 9.75 Å². The largest absolute Gasteiger partial charge is 0.299 e. The summed E-state index contributed by atoms with van der Waals surface area (Å²) in [4.78, 5) is 20.1. The van der Waals surface area contributed by atoms with E-state index < -0.39 is 12.3 Å². The number of benzene rings is 2. The lowest BCUT2D eigenvalue weighted by Crippen LogP contribution is -2.18. The Morgan fingerprint density at radius 2 is 1.94 bits per heavy atom. The summed E-state index contributed by atoms with van der Waals surface area (Å²) in [5.74, 6) is -0.0840. The number of carbonyl (C=O) groups excluding carboxylic acids is 1. The molecule has 4 aromatic rings. The molecule has 0 radical (unpaired) electrons. The van der Waals surface area contributed by atoms with Crippen molar-refractivity contribution in [2.75, 3.05) is 18.4 Å². The van der Waals surface area contributed by atoms with Crippen molar-refractivity contribution in [3.63, 3.8) is 0 Å². The number of likely N-dealkylation sites (tertiary alicyclic amines) is 1. The van der Waals surface area contributed by atoms with Gasteiger partial charge < -0.3 is 0 Å². The third kappa shape index (κ3) is 4.54. The molecule has 0 unspecified atom stereocenters. The third-order valence-electron chi connectivity index (χ3n) is 5.87. The molecule has 0 bridgehead atoms. The van der Waals surface area contributed by atoms with E-state index in [4.69, 9.17) is 4.98 Å². The lowest BCUT2D eigenvalue weighted by atomic mass is 10.1. The zero-order valence-corrected chi connectivity index (χ0v) is 19.0. The predicted molar refractivity (Wildman–Crippen MR) is 128 cm³/mol. The molecule has 170 valence electrons. The van der Waals surface area contributed by atoms with E-state index in [0.29, 0.717) is 5.95 Å². The smallest absolute Gasteiger partial charge is 0.272 e. The first-order valence-corrected chi connectivity index (χ1v) is 11.8. The summed E-state index contributed by atoms with van der Waals surface area (Å²) in [7, 11) is 0. The number of halogens is 2. The van der Waals surface area contributed by atoms with E-state index in [1.807, 2.05) is 41.8 Å². The summed E-state index contributed by atoms with van der Waals surface area (Å²) >= 11 is 0.795. The molecule has 3 heterocycles. The zero-order valence-electron chi connectivity index (χ0n) is 18.2. The Morgan fingerprint density at radius 3 is 2.67 bits per heavy atom. The Kier molecular flexibility index (Phi) is 5.95. The molecule has 5 nitrogen and oxygen atoms in total. The van der Waals surface area contributed by atoms with Crippen molar-refractivity contribution in [2.24, 2.45) is 0 Å². The number of hydrogen-bond acceptors (Lipinski definition) is 4. The monoisotopic (exact) mass is 466 g/mol. The summed E-state index contributed by atoms with van der Waals surface area (Å²) in [5.41, 5.74) is 4.79. The first-order valence-electron chi connectivity index (χ1n) is 11.0. The maximum Gasteiger partial charge on any atom is 0.272 e. The number of amides is 1. The van der Waals surface area contributed by atoms with Crippen LogP contribution < -0.4 is 5.32 Å². The Morgan fingerprint density at radius 1 is 1.12 bits per heavy atom. The highest BCUT2D eigenvalue weighted by molar-refractivity contribution is 7.14. The minimum absolute atomic E-state index is 0.126. The number of nitrogens with one attached hydrogen (secondary N) is 1. The molecule has 0 spiro atoms. The van der Waals surface area contributed by atoms with Crippen molar-refractivity contribution in [1.29, 1.82) is 0 Å². The van der Waals surface area contributed by atoms with E-state index in [1.54, 1.807) is 0 Å². The third-order valence-corrected chi connectivity index (χ3v) is 6.97. The van der Waals surface area contributed by atoms with Crippen LogP contribution in [-0.4, -0.2) is 33.4 Å². The van der Waals surface area contributed by atoms with Crippen LogP contribution in [0.3, 0.4) is 0 Å². The number of anilines is 1. The lowest BCUT2D eigenvalue weighted by molar-refractivity contribution is 0.102. The van der Waals surface area contributed by atoms with E-state index >= 15 is 0 Å². The van der Waals surface area contributed by atoms with E-state index in [1.165, 1.54) is 30.5 Å². The van der Waals surface area contributed by atoms with Gasteiger partial charge in [-0.3, -0.25) is 19.6 Å². The highest BCUT2D eigenvalue weighted by atomic mass is 32.1. The van der Waals surface area contributed by atoms with Crippen molar-refractivity contribution in [2.45, 2.75) is 32.7 Å². The highest BCUT2D eigenvalue weighted by Gasteiger charge is 2.20. The van der Waals surface area contributed by atoms with Gasteiger partial charge in [-0.15, -0.1) is 11.3 Å². The molecule has 2 aromatic carbocycles. The summed E-state index contributed by atoms with van der Waals surface area (Å²) in [6, 6.07) is 16.9. The van der Waals surface area contributed by atoms with Crippen LogP contribution in [0.4, 0.5) is 14.7 Å². The first kappa shape index (κ1) is 21.7. The number of nitrogens with zero attached hydrogens (tertiary/aromatic N) is 3. The SMILES string of the molecule is Cc1cccc(-n2c(NC(=O)c3ccc(C(F)F)s3)nc3cc(CN4CCCC4)ccc32)c1. The molecule has 1 saturated heterocycles. The second-order valence-electron chi connectivity index (χ2n) is 8.37. The molecule has 1 N–H and O–H groups in total. The summed E-state index contributed by atoms with van der Waals surface area (Å²) in [5, 5.41) is 2.85. The van der Waals surface area contributed by atoms with Crippen LogP contribution in [0.2, 0.25) is 0 Å². The van der Waals surface area contributed by atoms with Crippen LogP contribution in [0.1, 0.15) is 44.9 Å². The first-order chi connectivity index (χ1) is 16.0. The molecule has 0 atom stereocenters. The molecule has 8 heteroatoms. The maximum absolute atomic E-state index is 13.0. The zero-order chi connectivity index (χ0) is 22.9. The lowest BCUT2D eigenvalue weighted by Gasteiger charge is -2.14. The van der Waals surface area contributed by atoms with Crippen molar-refractivity contribution in [3.05, 3.63) is 75.5 Å². The number of alkyl halides is 2. The predicted octanol–water partition coefficient (Wildman–Crippen LogP) is 6.18. The Balaban J connectivity index is 1.53. The number of aromatic nitrogens is 2. The molecule has 1 aliphatic rings. The van der Waals surface area contributed by atoms with Crippen molar-refractivity contribution < 1.29 is 13.6 Å². The second-order valence-corrected chi connectivity index (χ2v) is 9.49. The Labute approximate surface area is 194 Å². The maximum atomic E-state index is 13.0. The number of imidazole rings is 1. The van der Waals surface area contributed by atoms with Gasteiger partial charge in [-0.05, 0) is 80.4 Å². The average Bonchev–Trinajstić information content (AvgIpc) is 3.53. The molecule has 1 fully saturated rings. The molecule has 0 aliphatic carbocycles. The number of rotatable bonds is 6. The molecule has 33 heavy (non-hydrogen) atoms. The fourth-order valence-electron chi connectivity index (χ4n) is 4.29. The van der Waals surface area contributed by atoms with E-state index in [9.17, 15) is 13.6 Å². The molecule has 1 aliphatic heterocycles. The van der Waals surface area contributed by atoms with Gasteiger partial charge in [0.1, 0.15) is 0 Å². The molecule has 5 rings (SSSR count). The van der Waals surface area contributed by atoms with Gasteiger partial charge in [0.05, 0.1) is 20.8 Å². The summed E-state index contributed by atoms with van der Waals surface area (Å²) in [6.07, 6.45) is -0.130. The van der Waals surface area contributed by atoms with Crippen LogP contribution >= 0.6 is 11.3 Å². The normalized spacial score (nSPS) is 14.4. The number of hydrogen-bond donors (Lipinski definition) is 1. The fourth-order valence-corrected chi connectivity index (χ4v) is 5.05. The van der Waals surface area contributed by atoms with Crippen LogP contribution in [0, 0.1) is 6.92 Å². The van der Waals surface area contributed by atoms with Gasteiger partial charge in [-0.1, -0.05) is 18.2 Å². The summed E-state index contributed by atoms with van der Waals surface area (Å²) < 4.78 is 27.9. The van der Waals surface area contributed by atoms with Crippen LogP contribution in [-0.2, 0) is 6.54 Å². The Hall–Kier alpha value is -3.10. The fraction of sp³-hybridized carbons (Fsp3) is 0.280. The number of thiophene rings is 1. The van der Waals surface area contributed by atoms with Crippen LogP contribution in [0.5, 0.6) is 0 Å². The van der Waals surface area contributed by atoms with Crippen molar-refractivity contribution in [1.82, 2.24) is 14.5 Å². The molecule has 0 saturated carbocycles. The van der Waals surface area contributed by atoms with Gasteiger partial charge in [0.15, 0.2) is 0 Å². The number of fused-ring (bicyclic) bond motifs is 1. The van der Waals surface area contributed by atoms with E-state index in [0.717, 1.165) is 53.3 Å². The topological polar surface area (TPSA) is 50.2 Å². The van der Waals surface area contributed by atoms with E-state index in [2.05, 4.69) is 22.3 Å². The van der Waals surface area contributed by atoms with Gasteiger partial charge in [0.2, 0.25) is 5.95 Å². The minimum atomic E-state index is -2.59. The average molecular weight is 467 g/mol.